The first-order chi connectivity index (χ1) is 7.21. The monoisotopic (exact) mass is 276 g/mol. The first-order valence-corrected chi connectivity index (χ1v) is 6.08. The van der Waals surface area contributed by atoms with Gasteiger partial charge in [0.1, 0.15) is 0 Å². The molecule has 0 bridgehead atoms. The summed E-state index contributed by atoms with van der Waals surface area (Å²) < 4.78 is 28.8. The zero-order valence-corrected chi connectivity index (χ0v) is 12.1. The molecule has 0 atom stereocenters. The van der Waals surface area contributed by atoms with Crippen molar-refractivity contribution in [1.29, 1.82) is 0 Å². The Bertz CT molecular complexity index is 413. The van der Waals surface area contributed by atoms with Crippen molar-refractivity contribution in [2.45, 2.75) is 30.4 Å². The number of carboxylic acids is 2. The van der Waals surface area contributed by atoms with Gasteiger partial charge in [-0.25, -0.2) is 0 Å². The van der Waals surface area contributed by atoms with Crippen molar-refractivity contribution in [3.8, 4) is 0 Å². The van der Waals surface area contributed by atoms with E-state index < -0.39 is 32.7 Å². The Morgan fingerprint density at radius 2 is 1.59 bits per heavy atom. The average molecular weight is 276 g/mol. The van der Waals surface area contributed by atoms with Crippen LogP contribution in [0.1, 0.15) is 27.1 Å². The van der Waals surface area contributed by atoms with E-state index in [-0.39, 0.29) is 56.7 Å². The summed E-state index contributed by atoms with van der Waals surface area (Å²) in [6.45, 7) is 0. The van der Waals surface area contributed by atoms with Gasteiger partial charge in [-0.05, 0) is 25.7 Å². The van der Waals surface area contributed by atoms with Crippen LogP contribution >= 0.6 is 0 Å². The summed E-state index contributed by atoms with van der Waals surface area (Å²) in [6.07, 6.45) is -0.890. The molecule has 1 rings (SSSR count). The SMILES string of the molecule is O=C(O)C1CCC(C(=O)O)(S(=O)(=O)O)CC1.[H-].[Na+]. The van der Waals surface area contributed by atoms with Gasteiger partial charge in [-0.3, -0.25) is 14.1 Å². The first-order valence-electron chi connectivity index (χ1n) is 4.64. The third-order valence-electron chi connectivity index (χ3n) is 3.03. The number of rotatable bonds is 3. The van der Waals surface area contributed by atoms with Gasteiger partial charge in [-0.1, -0.05) is 0 Å². The molecule has 7 nitrogen and oxygen atoms in total. The maximum atomic E-state index is 11.1. The van der Waals surface area contributed by atoms with Crippen LogP contribution in [0.4, 0.5) is 0 Å². The van der Waals surface area contributed by atoms with E-state index in [1.165, 1.54) is 0 Å². The van der Waals surface area contributed by atoms with Crippen LogP contribution < -0.4 is 29.6 Å². The number of hydrogen-bond donors (Lipinski definition) is 3. The molecule has 1 fully saturated rings. The van der Waals surface area contributed by atoms with Crippen molar-refractivity contribution in [3.63, 3.8) is 0 Å². The average Bonchev–Trinajstić information content (AvgIpc) is 2.15. The predicted molar refractivity (Wildman–Crippen MR) is 52.6 cm³/mol. The van der Waals surface area contributed by atoms with Gasteiger partial charge in [0, 0.05) is 0 Å². The van der Waals surface area contributed by atoms with Crippen LogP contribution in [-0.2, 0) is 19.7 Å². The van der Waals surface area contributed by atoms with Crippen molar-refractivity contribution < 1.29 is 63.8 Å². The normalized spacial score (nSPS) is 29.1. The summed E-state index contributed by atoms with van der Waals surface area (Å²) >= 11 is 0. The summed E-state index contributed by atoms with van der Waals surface area (Å²) in [5, 5.41) is 17.6. The second kappa shape index (κ2) is 5.66. The molecule has 1 saturated carbocycles. The Morgan fingerprint density at radius 1 is 1.18 bits per heavy atom. The van der Waals surface area contributed by atoms with Gasteiger partial charge in [-0.2, -0.15) is 8.42 Å². The van der Waals surface area contributed by atoms with E-state index in [0.29, 0.717) is 0 Å². The van der Waals surface area contributed by atoms with Crippen molar-refractivity contribution in [2.24, 2.45) is 5.92 Å². The fraction of sp³-hybridized carbons (Fsp3) is 0.750. The second-order valence-corrected chi connectivity index (χ2v) is 5.62. The van der Waals surface area contributed by atoms with Crippen LogP contribution in [0, 0.1) is 5.92 Å². The van der Waals surface area contributed by atoms with Gasteiger partial charge in [0.2, 0.25) is 0 Å². The van der Waals surface area contributed by atoms with Crippen LogP contribution in [-0.4, -0.2) is 39.9 Å². The summed E-state index contributed by atoms with van der Waals surface area (Å²) in [6, 6.07) is 0. The van der Waals surface area contributed by atoms with E-state index in [0.717, 1.165) is 0 Å². The summed E-state index contributed by atoms with van der Waals surface area (Å²) in [7, 11) is -4.73. The van der Waals surface area contributed by atoms with E-state index in [4.69, 9.17) is 14.8 Å². The number of aliphatic carboxylic acids is 2. The van der Waals surface area contributed by atoms with Gasteiger partial charge in [-0.15, -0.1) is 0 Å². The van der Waals surface area contributed by atoms with Gasteiger partial charge < -0.3 is 11.6 Å². The van der Waals surface area contributed by atoms with Crippen molar-refractivity contribution in [1.82, 2.24) is 0 Å². The third kappa shape index (κ3) is 3.19. The van der Waals surface area contributed by atoms with Crippen LogP contribution in [0.15, 0.2) is 0 Å². The molecule has 94 valence electrons. The minimum Gasteiger partial charge on any atom is -1.00 e. The molecule has 0 aliphatic heterocycles. The van der Waals surface area contributed by atoms with Gasteiger partial charge in [0.05, 0.1) is 5.92 Å². The van der Waals surface area contributed by atoms with Crippen LogP contribution in [0.5, 0.6) is 0 Å². The van der Waals surface area contributed by atoms with E-state index >= 15 is 0 Å². The Balaban J connectivity index is 0. The topological polar surface area (TPSA) is 129 Å². The number of carbonyl (C=O) groups is 2. The Labute approximate surface area is 122 Å². The van der Waals surface area contributed by atoms with E-state index in [1.807, 2.05) is 0 Å². The molecule has 0 radical (unpaired) electrons. The van der Waals surface area contributed by atoms with Crippen molar-refractivity contribution in [3.05, 3.63) is 0 Å². The summed E-state index contributed by atoms with van der Waals surface area (Å²) in [5.74, 6) is -3.44. The minimum atomic E-state index is -4.73. The second-order valence-electron chi connectivity index (χ2n) is 3.89. The predicted octanol–water partition coefficient (Wildman–Crippen LogP) is -2.91. The zero-order chi connectivity index (χ0) is 12.6. The number of hydrogen-bond acceptors (Lipinski definition) is 4. The molecule has 17 heavy (non-hydrogen) atoms. The summed E-state index contributed by atoms with van der Waals surface area (Å²) in [4.78, 5) is 21.5. The van der Waals surface area contributed by atoms with Crippen LogP contribution in [0.3, 0.4) is 0 Å². The quantitative estimate of drug-likeness (QED) is 0.372. The fourth-order valence-corrected chi connectivity index (χ4v) is 2.89. The molecule has 0 aromatic rings. The molecule has 0 aromatic heterocycles. The Kier molecular flexibility index (Phi) is 5.61. The van der Waals surface area contributed by atoms with Crippen LogP contribution in [0.25, 0.3) is 0 Å². The molecule has 0 heterocycles. The standard InChI is InChI=1S/C8H12O7S.Na.H/c9-6(10)5-1-3-8(4-2-5,7(11)12)16(13,14)15;;/h5H,1-4H2,(H,9,10)(H,11,12)(H,13,14,15);;/q;+1;-1. The molecule has 1 aliphatic carbocycles. The Hall–Kier alpha value is -0.150. The van der Waals surface area contributed by atoms with Crippen LogP contribution in [0.2, 0.25) is 0 Å². The van der Waals surface area contributed by atoms with Crippen molar-refractivity contribution >= 4 is 22.1 Å². The van der Waals surface area contributed by atoms with Gasteiger partial charge >= 0.3 is 41.5 Å². The third-order valence-corrected chi connectivity index (χ3v) is 4.60. The molecule has 0 amide bonds. The molecule has 0 saturated heterocycles. The van der Waals surface area contributed by atoms with Gasteiger partial charge in [0.25, 0.3) is 10.1 Å². The molecule has 9 heteroatoms. The van der Waals surface area contributed by atoms with E-state index in [9.17, 15) is 18.0 Å². The Morgan fingerprint density at radius 3 is 1.82 bits per heavy atom. The largest absolute Gasteiger partial charge is 1.00 e. The van der Waals surface area contributed by atoms with E-state index in [1.54, 1.807) is 0 Å². The molecule has 0 spiro atoms. The molecule has 0 aromatic carbocycles. The zero-order valence-electron chi connectivity index (χ0n) is 10.3. The maximum absolute atomic E-state index is 11.1. The first kappa shape index (κ1) is 16.9. The van der Waals surface area contributed by atoms with Crippen molar-refractivity contribution in [2.75, 3.05) is 0 Å². The van der Waals surface area contributed by atoms with E-state index in [2.05, 4.69) is 0 Å². The maximum Gasteiger partial charge on any atom is 1.00 e. The molecule has 1 aliphatic rings. The van der Waals surface area contributed by atoms with Gasteiger partial charge in [0.15, 0.2) is 4.75 Å². The number of carboxylic acid groups (broad SMARTS) is 2. The molecular formula is C8H13NaO7S. The summed E-state index contributed by atoms with van der Waals surface area (Å²) in [5.41, 5.74) is 0. The smallest absolute Gasteiger partial charge is 1.00 e. The fourth-order valence-electron chi connectivity index (χ4n) is 1.91. The molecule has 3 N–H and O–H groups in total. The minimum absolute atomic E-state index is 0. The molecule has 0 unspecified atom stereocenters. The molecular weight excluding hydrogens is 263 g/mol.